The van der Waals surface area contributed by atoms with Gasteiger partial charge < -0.3 is 32.4 Å². The summed E-state index contributed by atoms with van der Waals surface area (Å²) in [4.78, 5) is 14.0. The standard InChI is InChI=1S/C32H44ClN3O2S.BrH/c1-3-4-5-6-7-8-9-10-11-12-13-16-21-38-31-22-28(19-20-29(31)33)34-32(37)35-30-18-15-14-17-27(30)24-36-23-26(2)39-25-36;/h14-15,17-20,22-23,25H,3-13,16,21,24H2,1-2H3,(H-,34,35,37);1H. The van der Waals surface area contributed by atoms with Crippen LogP contribution in [0.4, 0.5) is 16.2 Å². The van der Waals surface area contributed by atoms with Crippen LogP contribution in [0.15, 0.2) is 54.2 Å². The van der Waals surface area contributed by atoms with Crippen LogP contribution in [0.25, 0.3) is 0 Å². The number of aromatic nitrogens is 1. The largest absolute Gasteiger partial charge is 1.00 e. The third-order valence-corrected chi connectivity index (χ3v) is 7.95. The molecule has 40 heavy (non-hydrogen) atoms. The van der Waals surface area contributed by atoms with Gasteiger partial charge in [-0.15, -0.1) is 0 Å². The second-order valence-electron chi connectivity index (χ2n) is 10.3. The Morgan fingerprint density at radius 3 is 2.20 bits per heavy atom. The minimum Gasteiger partial charge on any atom is -1.00 e. The molecule has 0 aliphatic heterocycles. The number of nitrogens with zero attached hydrogens (tertiary/aromatic N) is 1. The number of hydrogen-bond donors (Lipinski definition) is 2. The van der Waals surface area contributed by atoms with Gasteiger partial charge in [-0.05, 0) is 31.5 Å². The summed E-state index contributed by atoms with van der Waals surface area (Å²) in [7, 11) is 0. The van der Waals surface area contributed by atoms with Gasteiger partial charge in [0.25, 0.3) is 0 Å². The average Bonchev–Trinajstić information content (AvgIpc) is 3.34. The fourth-order valence-corrected chi connectivity index (χ4v) is 5.41. The molecule has 1 heterocycles. The van der Waals surface area contributed by atoms with Crippen molar-refractivity contribution in [3.8, 4) is 5.75 Å². The molecular weight excluding hydrogens is 606 g/mol. The molecule has 0 aliphatic rings. The van der Waals surface area contributed by atoms with Crippen LogP contribution in [0.1, 0.15) is 94.4 Å². The molecule has 2 N–H and O–H groups in total. The summed E-state index contributed by atoms with van der Waals surface area (Å²) in [5.74, 6) is 0.599. The molecule has 0 saturated carbocycles. The summed E-state index contributed by atoms with van der Waals surface area (Å²) in [6, 6.07) is 12.9. The van der Waals surface area contributed by atoms with Gasteiger partial charge in [-0.25, -0.2) is 4.79 Å². The number of thiazole rings is 1. The molecule has 0 fully saturated rings. The van der Waals surface area contributed by atoms with E-state index in [4.69, 9.17) is 16.3 Å². The van der Waals surface area contributed by atoms with E-state index in [1.165, 1.54) is 69.1 Å². The molecule has 2 amide bonds. The number of benzene rings is 2. The highest BCUT2D eigenvalue weighted by atomic mass is 79.9. The third-order valence-electron chi connectivity index (χ3n) is 6.78. The van der Waals surface area contributed by atoms with Crippen LogP contribution in [0.2, 0.25) is 5.02 Å². The van der Waals surface area contributed by atoms with Gasteiger partial charge in [0.2, 0.25) is 5.51 Å². The van der Waals surface area contributed by atoms with Gasteiger partial charge in [-0.1, -0.05) is 119 Å². The number of anilines is 2. The normalized spacial score (nSPS) is 10.7. The number of amides is 2. The fourth-order valence-electron chi connectivity index (χ4n) is 4.61. The van der Waals surface area contributed by atoms with E-state index >= 15 is 0 Å². The van der Waals surface area contributed by atoms with Gasteiger partial charge in [-0.3, -0.25) is 0 Å². The Labute approximate surface area is 260 Å². The van der Waals surface area contributed by atoms with Crippen LogP contribution in [0, 0.1) is 6.92 Å². The van der Waals surface area contributed by atoms with Gasteiger partial charge in [0.1, 0.15) is 5.75 Å². The van der Waals surface area contributed by atoms with E-state index in [2.05, 4.69) is 40.8 Å². The maximum Gasteiger partial charge on any atom is 0.323 e. The van der Waals surface area contributed by atoms with Crippen molar-refractivity contribution in [3.63, 3.8) is 0 Å². The summed E-state index contributed by atoms with van der Waals surface area (Å²) >= 11 is 8.06. The summed E-state index contributed by atoms with van der Waals surface area (Å²) < 4.78 is 8.07. The Kier molecular flexibility index (Phi) is 17.0. The molecule has 1 aromatic heterocycles. The van der Waals surface area contributed by atoms with E-state index in [1.54, 1.807) is 29.5 Å². The maximum atomic E-state index is 12.8. The summed E-state index contributed by atoms with van der Waals surface area (Å²) in [5, 5.41) is 6.44. The lowest BCUT2D eigenvalue weighted by atomic mass is 10.1. The zero-order chi connectivity index (χ0) is 27.7. The predicted molar refractivity (Wildman–Crippen MR) is 165 cm³/mol. The Morgan fingerprint density at radius 1 is 0.900 bits per heavy atom. The minimum atomic E-state index is -0.303. The van der Waals surface area contributed by atoms with Crippen molar-refractivity contribution in [2.75, 3.05) is 17.2 Å². The Hall–Kier alpha value is -2.09. The lowest BCUT2D eigenvalue weighted by Crippen LogP contribution is -3.00. The molecule has 0 atom stereocenters. The van der Waals surface area contributed by atoms with Crippen LogP contribution < -0.4 is 36.9 Å². The Morgan fingerprint density at radius 2 is 1.55 bits per heavy atom. The van der Waals surface area contributed by atoms with Crippen molar-refractivity contribution in [2.45, 2.75) is 97.4 Å². The van der Waals surface area contributed by atoms with Crippen LogP contribution >= 0.6 is 22.9 Å². The lowest BCUT2D eigenvalue weighted by Gasteiger charge is -2.13. The highest BCUT2D eigenvalue weighted by Gasteiger charge is 2.13. The maximum absolute atomic E-state index is 12.8. The van der Waals surface area contributed by atoms with Crippen molar-refractivity contribution in [1.29, 1.82) is 0 Å². The highest BCUT2D eigenvalue weighted by Crippen LogP contribution is 2.28. The zero-order valence-corrected chi connectivity index (χ0v) is 27.2. The van der Waals surface area contributed by atoms with Gasteiger partial charge in [0.15, 0.2) is 12.7 Å². The van der Waals surface area contributed by atoms with E-state index in [0.29, 0.717) is 29.6 Å². The van der Waals surface area contributed by atoms with Crippen molar-refractivity contribution in [1.82, 2.24) is 0 Å². The fraction of sp³-hybridized carbons (Fsp3) is 0.500. The number of unbranched alkanes of at least 4 members (excludes halogenated alkanes) is 11. The van der Waals surface area contributed by atoms with Gasteiger partial charge in [0, 0.05) is 17.3 Å². The van der Waals surface area contributed by atoms with E-state index < -0.39 is 0 Å². The topological polar surface area (TPSA) is 54.2 Å². The van der Waals surface area contributed by atoms with Crippen LogP contribution in [-0.4, -0.2) is 12.6 Å². The number of carbonyl (C=O) groups excluding carboxylic acids is 1. The number of ether oxygens (including phenoxy) is 1. The van der Waals surface area contributed by atoms with Crippen molar-refractivity contribution in [3.05, 3.63) is 69.6 Å². The van der Waals surface area contributed by atoms with E-state index in [9.17, 15) is 4.79 Å². The number of aryl methyl sites for hydroxylation is 1. The van der Waals surface area contributed by atoms with E-state index in [1.807, 2.05) is 24.3 Å². The number of nitrogens with one attached hydrogen (secondary N) is 2. The molecule has 0 unspecified atom stereocenters. The number of para-hydroxylation sites is 1. The van der Waals surface area contributed by atoms with Crippen LogP contribution in [-0.2, 0) is 6.54 Å². The molecule has 3 aromatic rings. The molecule has 0 bridgehead atoms. The SMILES string of the molecule is CCCCCCCCCCCCCCOc1cc(NC(=O)Nc2ccccc2C[n+]2csc(C)c2)ccc1Cl.[Br-]. The molecule has 8 heteroatoms. The number of urea groups is 1. The lowest BCUT2D eigenvalue weighted by molar-refractivity contribution is -0.683. The first-order valence-electron chi connectivity index (χ1n) is 14.6. The summed E-state index contributed by atoms with van der Waals surface area (Å²) in [6.45, 7) is 5.67. The second-order valence-corrected chi connectivity index (χ2v) is 11.8. The molecule has 5 nitrogen and oxygen atoms in total. The highest BCUT2D eigenvalue weighted by molar-refractivity contribution is 7.09. The first-order chi connectivity index (χ1) is 19.0. The van der Waals surface area contributed by atoms with Gasteiger partial charge in [-0.2, -0.15) is 4.57 Å². The van der Waals surface area contributed by atoms with Crippen molar-refractivity contribution < 1.29 is 31.1 Å². The first kappa shape index (κ1) is 34.1. The number of carbonyl (C=O) groups is 1. The zero-order valence-electron chi connectivity index (χ0n) is 24.0. The molecule has 0 radical (unpaired) electrons. The quantitative estimate of drug-likeness (QED) is 0.118. The first-order valence-corrected chi connectivity index (χ1v) is 15.8. The molecule has 2 aromatic carbocycles. The Balaban J connectivity index is 0.00000560. The number of halogens is 2. The number of hydrogen-bond acceptors (Lipinski definition) is 3. The molecule has 0 aliphatic carbocycles. The van der Waals surface area contributed by atoms with Crippen LogP contribution in [0.3, 0.4) is 0 Å². The average molecular weight is 651 g/mol. The smallest absolute Gasteiger partial charge is 0.323 e. The van der Waals surface area contributed by atoms with E-state index in [0.717, 1.165) is 24.1 Å². The van der Waals surface area contributed by atoms with Gasteiger partial charge >= 0.3 is 6.03 Å². The van der Waals surface area contributed by atoms with Crippen molar-refractivity contribution >= 4 is 40.3 Å². The van der Waals surface area contributed by atoms with E-state index in [-0.39, 0.29) is 23.0 Å². The molecule has 0 saturated heterocycles. The second kappa shape index (κ2) is 19.9. The van der Waals surface area contributed by atoms with Gasteiger partial charge in [0.05, 0.1) is 22.2 Å². The Bertz CT molecular complexity index is 1140. The van der Waals surface area contributed by atoms with Crippen LogP contribution in [0.5, 0.6) is 5.75 Å². The third kappa shape index (κ3) is 13.0. The predicted octanol–water partition coefficient (Wildman–Crippen LogP) is 6.77. The molecule has 220 valence electrons. The monoisotopic (exact) mass is 649 g/mol. The molecule has 0 spiro atoms. The summed E-state index contributed by atoms with van der Waals surface area (Å²) in [6.07, 6.45) is 17.8. The minimum absolute atomic E-state index is 0. The molecule has 3 rings (SSSR count). The van der Waals surface area contributed by atoms with Crippen molar-refractivity contribution in [2.24, 2.45) is 0 Å². The summed E-state index contributed by atoms with van der Waals surface area (Å²) in [5.41, 5.74) is 4.54. The molecular formula is C32H45BrClN3O2S. The number of rotatable bonds is 18.